The minimum absolute atomic E-state index is 0.132. The number of nitrogens with zero attached hydrogens (tertiary/aromatic N) is 2. The summed E-state index contributed by atoms with van der Waals surface area (Å²) in [5, 5.41) is 1.34. The number of H-pyrrole nitrogens is 1. The van der Waals surface area contributed by atoms with E-state index in [9.17, 15) is 4.39 Å². The molecule has 2 aromatic carbocycles. The average Bonchev–Trinajstić information content (AvgIpc) is 3.48. The minimum Gasteiger partial charge on any atom is -0.492 e. The Balaban J connectivity index is 1.27. The van der Waals surface area contributed by atoms with E-state index in [1.54, 1.807) is 0 Å². The van der Waals surface area contributed by atoms with Crippen molar-refractivity contribution in [2.75, 3.05) is 32.9 Å². The Morgan fingerprint density at radius 1 is 1.12 bits per heavy atom. The maximum atomic E-state index is 12.6. The quantitative estimate of drug-likeness (QED) is 0.468. The number of allylic oxidation sites excluding steroid dienone is 1. The molecule has 0 spiro atoms. The Kier molecular flexibility index (Phi) is 5.68. The number of rotatable bonds is 7. The van der Waals surface area contributed by atoms with Crippen molar-refractivity contribution in [1.82, 2.24) is 14.8 Å². The Morgan fingerprint density at radius 2 is 1.94 bits per heavy atom. The maximum absolute atomic E-state index is 12.6. The molecule has 1 aliphatic carbocycles. The van der Waals surface area contributed by atoms with Gasteiger partial charge in [0.1, 0.15) is 12.4 Å². The van der Waals surface area contributed by atoms with Crippen LogP contribution < -0.4 is 4.74 Å². The largest absolute Gasteiger partial charge is 0.492 e. The van der Waals surface area contributed by atoms with Crippen LogP contribution in [0, 0.1) is 5.92 Å². The van der Waals surface area contributed by atoms with Gasteiger partial charge >= 0.3 is 0 Å². The highest BCUT2D eigenvalue weighted by molar-refractivity contribution is 5.85. The van der Waals surface area contributed by atoms with Crippen LogP contribution in [0.3, 0.4) is 0 Å². The lowest BCUT2D eigenvalue weighted by atomic mass is 9.88. The predicted octanol–water partition coefficient (Wildman–Crippen LogP) is 5.62. The van der Waals surface area contributed by atoms with Crippen LogP contribution in [-0.2, 0) is 6.42 Å². The molecule has 5 heteroatoms. The van der Waals surface area contributed by atoms with Gasteiger partial charge in [0, 0.05) is 48.2 Å². The second-order valence-corrected chi connectivity index (χ2v) is 9.96. The number of aromatic amines is 1. The van der Waals surface area contributed by atoms with E-state index < -0.39 is 0 Å². The molecule has 6 rings (SSSR count). The van der Waals surface area contributed by atoms with Crippen molar-refractivity contribution in [3.05, 3.63) is 82.9 Å². The van der Waals surface area contributed by atoms with Crippen molar-refractivity contribution in [3.8, 4) is 5.75 Å². The van der Waals surface area contributed by atoms with Crippen LogP contribution in [0.1, 0.15) is 42.6 Å². The number of likely N-dealkylation sites (tertiary alicyclic amines) is 1. The first-order chi connectivity index (χ1) is 16.7. The van der Waals surface area contributed by atoms with Gasteiger partial charge < -0.3 is 14.6 Å². The maximum Gasteiger partial charge on any atom is 0.119 e. The van der Waals surface area contributed by atoms with Gasteiger partial charge in [-0.2, -0.15) is 0 Å². The van der Waals surface area contributed by atoms with Crippen molar-refractivity contribution in [1.29, 1.82) is 0 Å². The molecule has 2 aliphatic heterocycles. The number of hydrogen-bond acceptors (Lipinski definition) is 3. The summed E-state index contributed by atoms with van der Waals surface area (Å²) in [6.07, 6.45) is 5.32. The number of alkyl halides is 1. The van der Waals surface area contributed by atoms with Crippen LogP contribution in [0.2, 0.25) is 0 Å². The molecule has 176 valence electrons. The van der Waals surface area contributed by atoms with Gasteiger partial charge in [-0.3, -0.25) is 9.29 Å². The van der Waals surface area contributed by atoms with E-state index in [1.807, 2.05) is 0 Å². The van der Waals surface area contributed by atoms with Crippen LogP contribution in [-0.4, -0.2) is 53.7 Å². The van der Waals surface area contributed by atoms with Gasteiger partial charge in [0.25, 0.3) is 0 Å². The fourth-order valence-corrected chi connectivity index (χ4v) is 5.88. The molecule has 0 unspecified atom stereocenters. The lowest BCUT2D eigenvalue weighted by Crippen LogP contribution is -2.49. The van der Waals surface area contributed by atoms with E-state index in [4.69, 9.17) is 4.74 Å². The van der Waals surface area contributed by atoms with Crippen LogP contribution in [0.15, 0.2) is 66.0 Å². The molecule has 3 aliphatic rings. The third-order valence-electron chi connectivity index (χ3n) is 7.60. The molecule has 4 nitrogen and oxygen atoms in total. The molecule has 34 heavy (non-hydrogen) atoms. The van der Waals surface area contributed by atoms with Crippen LogP contribution in [0.25, 0.3) is 10.9 Å². The van der Waals surface area contributed by atoms with Gasteiger partial charge in [0.2, 0.25) is 0 Å². The number of para-hydroxylation sites is 1. The molecular formula is C29H32FN3O. The van der Waals surface area contributed by atoms with Gasteiger partial charge in [-0.1, -0.05) is 30.3 Å². The second-order valence-electron chi connectivity index (χ2n) is 9.96. The monoisotopic (exact) mass is 457 g/mol. The number of halogens is 1. The van der Waals surface area contributed by atoms with Crippen LogP contribution in [0.4, 0.5) is 4.39 Å². The highest BCUT2D eigenvalue weighted by Gasteiger charge is 2.37. The number of aromatic nitrogens is 1. The first-order valence-corrected chi connectivity index (χ1v) is 12.5. The standard InChI is InChI=1S/C29H32FN3O/c1-20-16-26-25-8-4-5-9-27(25)31-28(26)29(33(20)23-6-2-3-7-23)22-10-12-24(13-11-22)34-15-14-32-18-21(17-30)19-32/h2,4-5,8-13,20-21,29,31H,3,7,14-19H2,1H3/t20-,29-/m1/s1. The molecule has 1 fully saturated rings. The van der Waals surface area contributed by atoms with Crippen molar-refractivity contribution in [2.45, 2.75) is 38.3 Å². The predicted molar refractivity (Wildman–Crippen MR) is 134 cm³/mol. The van der Waals surface area contributed by atoms with Gasteiger partial charge in [-0.05, 0) is 61.6 Å². The molecule has 3 aromatic rings. The van der Waals surface area contributed by atoms with Crippen molar-refractivity contribution in [2.24, 2.45) is 5.92 Å². The van der Waals surface area contributed by atoms with E-state index in [2.05, 4.69) is 82.0 Å². The fourth-order valence-electron chi connectivity index (χ4n) is 5.88. The summed E-state index contributed by atoms with van der Waals surface area (Å²) < 4.78 is 18.6. The smallest absolute Gasteiger partial charge is 0.119 e. The van der Waals surface area contributed by atoms with Gasteiger partial charge in [-0.15, -0.1) is 5.73 Å². The zero-order valence-electron chi connectivity index (χ0n) is 19.8. The molecule has 0 amide bonds. The van der Waals surface area contributed by atoms with Crippen LogP contribution in [0.5, 0.6) is 5.75 Å². The molecule has 0 saturated carbocycles. The minimum atomic E-state index is -0.208. The first kappa shape index (κ1) is 21.5. The Morgan fingerprint density at radius 3 is 2.71 bits per heavy atom. The average molecular weight is 458 g/mol. The number of nitrogens with one attached hydrogen (secondary N) is 1. The summed E-state index contributed by atoms with van der Waals surface area (Å²) in [5.74, 6) is 1.11. The Labute approximate surface area is 200 Å². The summed E-state index contributed by atoms with van der Waals surface area (Å²) in [6.45, 7) is 5.32. The van der Waals surface area contributed by atoms with Crippen molar-refractivity contribution >= 4 is 10.9 Å². The summed E-state index contributed by atoms with van der Waals surface area (Å²) in [4.78, 5) is 8.59. The normalized spacial score (nSPS) is 22.6. The molecule has 2 atom stereocenters. The van der Waals surface area contributed by atoms with E-state index in [0.29, 0.717) is 12.6 Å². The molecular weight excluding hydrogens is 425 g/mol. The number of benzene rings is 2. The molecule has 1 aromatic heterocycles. The number of fused-ring (bicyclic) bond motifs is 3. The topological polar surface area (TPSA) is 31.5 Å². The van der Waals surface area contributed by atoms with Crippen LogP contribution >= 0.6 is 0 Å². The third-order valence-corrected chi connectivity index (χ3v) is 7.60. The number of ether oxygens (including phenoxy) is 1. The molecule has 0 radical (unpaired) electrons. The number of hydrogen-bond donors (Lipinski definition) is 1. The van der Waals surface area contributed by atoms with Crippen molar-refractivity contribution in [3.63, 3.8) is 0 Å². The molecule has 1 N–H and O–H groups in total. The van der Waals surface area contributed by atoms with Gasteiger partial charge in [0.15, 0.2) is 0 Å². The van der Waals surface area contributed by atoms with Crippen molar-refractivity contribution < 1.29 is 9.13 Å². The molecule has 1 saturated heterocycles. The second kappa shape index (κ2) is 8.98. The zero-order chi connectivity index (χ0) is 23.1. The molecule has 0 bridgehead atoms. The third kappa shape index (κ3) is 3.83. The van der Waals surface area contributed by atoms with E-state index >= 15 is 0 Å². The van der Waals surface area contributed by atoms with Gasteiger partial charge in [0.05, 0.1) is 18.4 Å². The summed E-state index contributed by atoms with van der Waals surface area (Å²) >= 11 is 0. The Bertz CT molecular complexity index is 1230. The highest BCUT2D eigenvalue weighted by atomic mass is 19.1. The zero-order valence-corrected chi connectivity index (χ0v) is 19.8. The SMILES string of the molecule is C[C@@H]1Cc2c([nH]c3ccccc23)[C@@H](c2ccc(OCCN3CC(CF)C3)cc2)N1C1=C=CCC1. The fraction of sp³-hybridized carbons (Fsp3) is 0.414. The first-order valence-electron chi connectivity index (χ1n) is 12.5. The molecule has 3 heterocycles. The lowest BCUT2D eigenvalue weighted by molar-refractivity contribution is 0.0668. The Hall–Kier alpha value is -3.01. The summed E-state index contributed by atoms with van der Waals surface area (Å²) in [7, 11) is 0. The van der Waals surface area contributed by atoms with E-state index in [-0.39, 0.29) is 18.6 Å². The highest BCUT2D eigenvalue weighted by Crippen LogP contribution is 2.44. The summed E-state index contributed by atoms with van der Waals surface area (Å²) in [5.41, 5.74) is 10.1. The van der Waals surface area contributed by atoms with E-state index in [0.717, 1.165) is 44.6 Å². The van der Waals surface area contributed by atoms with E-state index in [1.165, 1.54) is 33.4 Å². The summed E-state index contributed by atoms with van der Waals surface area (Å²) in [6, 6.07) is 17.8. The van der Waals surface area contributed by atoms with Gasteiger partial charge in [-0.25, -0.2) is 0 Å². The lowest BCUT2D eigenvalue weighted by Gasteiger charge is -2.43.